The molecule has 0 aliphatic carbocycles. The fraction of sp³-hybridized carbons (Fsp3) is 0.333. The van der Waals surface area contributed by atoms with Gasteiger partial charge in [-0.05, 0) is 26.0 Å². The van der Waals surface area contributed by atoms with Crippen molar-refractivity contribution in [3.63, 3.8) is 0 Å². The second-order valence-electron chi connectivity index (χ2n) is 2.83. The van der Waals surface area contributed by atoms with Gasteiger partial charge in [-0.3, -0.25) is 0 Å². The molecule has 1 N–H and O–H groups in total. The van der Waals surface area contributed by atoms with Crippen LogP contribution in [0.1, 0.15) is 24.2 Å². The van der Waals surface area contributed by atoms with Crippen molar-refractivity contribution in [2.45, 2.75) is 20.0 Å². The third-order valence-electron chi connectivity index (χ3n) is 1.35. The van der Waals surface area contributed by atoms with Crippen LogP contribution in [0.5, 0.6) is 5.88 Å². The van der Waals surface area contributed by atoms with Crippen LogP contribution >= 0.6 is 0 Å². The Balaban J connectivity index is 0.00000169. The van der Waals surface area contributed by atoms with Gasteiger partial charge in [0.05, 0.1) is 6.10 Å². The third kappa shape index (κ3) is 4.06. The van der Waals surface area contributed by atoms with Gasteiger partial charge in [0.25, 0.3) is 0 Å². The van der Waals surface area contributed by atoms with Crippen molar-refractivity contribution in [1.29, 1.82) is 0 Å². The van der Waals surface area contributed by atoms with Crippen LogP contribution in [-0.2, 0) is 0 Å². The van der Waals surface area contributed by atoms with Gasteiger partial charge >= 0.3 is 57.4 Å². The predicted molar refractivity (Wildman–Crippen MR) is 54.1 cm³/mol. The van der Waals surface area contributed by atoms with E-state index in [9.17, 15) is 4.79 Å². The van der Waals surface area contributed by atoms with Crippen molar-refractivity contribution in [2.24, 2.45) is 0 Å². The van der Waals surface area contributed by atoms with Crippen LogP contribution in [0.15, 0.2) is 18.3 Å². The van der Waals surface area contributed by atoms with Crippen LogP contribution < -0.4 is 4.74 Å². The summed E-state index contributed by atoms with van der Waals surface area (Å²) in [5.74, 6) is -0.853. The molecule has 5 heteroatoms. The van der Waals surface area contributed by atoms with Gasteiger partial charge in [-0.15, -0.1) is 0 Å². The molecule has 1 aromatic rings. The van der Waals surface area contributed by atoms with Crippen molar-refractivity contribution in [1.82, 2.24) is 4.98 Å². The molecule has 0 aliphatic heterocycles. The Morgan fingerprint density at radius 2 is 2.21 bits per heavy atom. The predicted octanol–water partition coefficient (Wildman–Crippen LogP) is 0.918. The van der Waals surface area contributed by atoms with Gasteiger partial charge in [-0.2, -0.15) is 0 Å². The van der Waals surface area contributed by atoms with E-state index >= 15 is 0 Å². The monoisotopic (exact) mass is 221 g/mol. The maximum absolute atomic E-state index is 10.7. The number of carboxylic acids is 1. The summed E-state index contributed by atoms with van der Waals surface area (Å²) in [5, 5.41) is 8.76. The number of hydrogen-bond donors (Lipinski definition) is 1. The van der Waals surface area contributed by atoms with Gasteiger partial charge in [-0.25, -0.2) is 9.78 Å². The normalized spacial score (nSPS) is 9.36. The van der Waals surface area contributed by atoms with Crippen LogP contribution in [0.3, 0.4) is 0 Å². The Morgan fingerprint density at radius 1 is 1.57 bits per heavy atom. The van der Waals surface area contributed by atoms with E-state index in [-0.39, 0.29) is 68.9 Å². The van der Waals surface area contributed by atoms with Gasteiger partial charge in [0.1, 0.15) is 5.56 Å². The molecule has 0 aliphatic rings. The van der Waals surface area contributed by atoms with E-state index in [1.807, 2.05) is 13.8 Å². The van der Waals surface area contributed by atoms with Gasteiger partial charge in [-0.1, -0.05) is 0 Å². The first kappa shape index (κ1) is 14.1. The van der Waals surface area contributed by atoms with Crippen LogP contribution in [-0.4, -0.2) is 73.5 Å². The number of rotatable bonds is 3. The molecule has 0 radical (unpaired) electrons. The Morgan fingerprint density at radius 3 is 2.71 bits per heavy atom. The molecule has 0 spiro atoms. The van der Waals surface area contributed by atoms with E-state index in [0.717, 1.165) is 0 Å². The number of carbonyl (C=O) groups is 1. The van der Waals surface area contributed by atoms with Gasteiger partial charge in [0.15, 0.2) is 0 Å². The second-order valence-corrected chi connectivity index (χ2v) is 2.83. The molecule has 0 amide bonds. The zero-order valence-corrected chi connectivity index (χ0v) is 7.52. The topological polar surface area (TPSA) is 59.4 Å². The fourth-order valence-corrected chi connectivity index (χ4v) is 0.871. The molecule has 0 saturated heterocycles. The Kier molecular flexibility index (Phi) is 6.55. The molecule has 4 nitrogen and oxygen atoms in total. The summed E-state index contributed by atoms with van der Waals surface area (Å²) in [6, 6.07) is 3.03. The first-order chi connectivity index (χ1) is 6.11. The molecule has 0 atom stereocenters. The molecule has 1 heterocycles. The first-order valence-electron chi connectivity index (χ1n) is 3.96. The van der Waals surface area contributed by atoms with Crippen molar-refractivity contribution in [3.05, 3.63) is 23.9 Å². The SMILES string of the molecule is CC(C)Oc1ncccc1C(=O)O.[KH]. The van der Waals surface area contributed by atoms with Crippen molar-refractivity contribution in [3.8, 4) is 5.88 Å². The number of aromatic carboxylic acids is 1. The number of ether oxygens (including phenoxy) is 1. The molecule has 0 unspecified atom stereocenters. The molecule has 72 valence electrons. The molecule has 0 fully saturated rings. The van der Waals surface area contributed by atoms with E-state index in [2.05, 4.69) is 4.98 Å². The summed E-state index contributed by atoms with van der Waals surface area (Å²) in [6.45, 7) is 3.64. The number of aromatic nitrogens is 1. The Bertz CT molecular complexity index is 315. The molecular weight excluding hydrogens is 209 g/mol. The van der Waals surface area contributed by atoms with E-state index in [4.69, 9.17) is 9.84 Å². The summed E-state index contributed by atoms with van der Waals surface area (Å²) < 4.78 is 5.21. The Hall–Kier alpha value is 0.0564. The van der Waals surface area contributed by atoms with Gasteiger partial charge in [0, 0.05) is 6.20 Å². The maximum atomic E-state index is 10.7. The second kappa shape index (κ2) is 6.52. The number of carboxylic acid groups (broad SMARTS) is 1. The summed E-state index contributed by atoms with van der Waals surface area (Å²) in [4.78, 5) is 14.5. The molecule has 14 heavy (non-hydrogen) atoms. The summed E-state index contributed by atoms with van der Waals surface area (Å²) in [7, 11) is 0. The van der Waals surface area contributed by atoms with Gasteiger partial charge < -0.3 is 9.84 Å². The van der Waals surface area contributed by atoms with Crippen LogP contribution in [0, 0.1) is 0 Å². The molecular formula is C9H12KNO3. The van der Waals surface area contributed by atoms with Crippen LogP contribution in [0.25, 0.3) is 0 Å². The quantitative estimate of drug-likeness (QED) is 0.771. The van der Waals surface area contributed by atoms with E-state index in [1.54, 1.807) is 6.07 Å². The fourth-order valence-electron chi connectivity index (χ4n) is 0.871. The van der Waals surface area contributed by atoms with Crippen molar-refractivity contribution < 1.29 is 14.6 Å². The molecule has 0 saturated carbocycles. The van der Waals surface area contributed by atoms with E-state index < -0.39 is 5.97 Å². The van der Waals surface area contributed by atoms with Crippen LogP contribution in [0.4, 0.5) is 0 Å². The third-order valence-corrected chi connectivity index (χ3v) is 1.35. The summed E-state index contributed by atoms with van der Waals surface area (Å²) in [6.07, 6.45) is 1.43. The molecule has 1 rings (SSSR count). The number of nitrogens with zero attached hydrogens (tertiary/aromatic N) is 1. The summed E-state index contributed by atoms with van der Waals surface area (Å²) in [5.41, 5.74) is 0.0937. The average molecular weight is 221 g/mol. The molecule has 1 aromatic heterocycles. The van der Waals surface area contributed by atoms with Gasteiger partial charge in [0.2, 0.25) is 5.88 Å². The van der Waals surface area contributed by atoms with E-state index in [1.165, 1.54) is 12.3 Å². The average Bonchev–Trinajstić information content (AvgIpc) is 2.03. The Labute approximate surface area is 125 Å². The number of hydrogen-bond acceptors (Lipinski definition) is 3. The zero-order valence-electron chi connectivity index (χ0n) is 7.52. The molecule has 0 bridgehead atoms. The molecule has 0 aromatic carbocycles. The standard InChI is InChI=1S/C9H11NO3.K.H/c1-6(2)13-8-7(9(11)12)4-3-5-10-8;;/h3-6H,1-2H3,(H,11,12);;. The number of pyridine rings is 1. The minimum atomic E-state index is -1.02. The summed E-state index contributed by atoms with van der Waals surface area (Å²) >= 11 is 0. The first-order valence-corrected chi connectivity index (χ1v) is 3.96. The zero-order chi connectivity index (χ0) is 9.84. The van der Waals surface area contributed by atoms with Crippen molar-refractivity contribution in [2.75, 3.05) is 0 Å². The van der Waals surface area contributed by atoms with E-state index in [0.29, 0.717) is 0 Å². The minimum absolute atomic E-state index is 0. The van der Waals surface area contributed by atoms with Crippen LogP contribution in [0.2, 0.25) is 0 Å². The van der Waals surface area contributed by atoms with Crippen molar-refractivity contribution >= 4 is 57.4 Å².